The Kier molecular flexibility index (Phi) is 5.26. The number of hydrogen-bond acceptors (Lipinski definition) is 4. The molecule has 1 saturated heterocycles. The van der Waals surface area contributed by atoms with Crippen LogP contribution in [0, 0.1) is 20.8 Å². The van der Waals surface area contributed by atoms with Gasteiger partial charge in [0, 0.05) is 21.2 Å². The number of aliphatic hydroxyl groups excluding tert-OH is 1. The Morgan fingerprint density at radius 1 is 1.00 bits per heavy atom. The number of hydrogen-bond donors (Lipinski definition) is 1. The Morgan fingerprint density at radius 2 is 1.77 bits per heavy atom. The summed E-state index contributed by atoms with van der Waals surface area (Å²) in [5, 5.41) is 13.6. The molecule has 1 atom stereocenters. The third-order valence-electron chi connectivity index (χ3n) is 5.46. The number of ketones is 1. The molecule has 0 saturated carbocycles. The molecule has 2 heterocycles. The summed E-state index contributed by atoms with van der Waals surface area (Å²) in [6, 6.07) is 13.7. The van der Waals surface area contributed by atoms with Gasteiger partial charge in [-0.15, -0.1) is 11.3 Å². The van der Waals surface area contributed by atoms with E-state index in [2.05, 4.69) is 0 Å². The van der Waals surface area contributed by atoms with Crippen LogP contribution in [0.1, 0.15) is 33.2 Å². The monoisotopic (exact) mass is 437 g/mol. The molecule has 30 heavy (non-hydrogen) atoms. The number of carbonyl (C=O) groups is 2. The van der Waals surface area contributed by atoms with E-state index in [9.17, 15) is 14.7 Å². The maximum absolute atomic E-state index is 13.1. The highest BCUT2D eigenvalue weighted by molar-refractivity contribution is 7.10. The largest absolute Gasteiger partial charge is 0.507 e. The Hall–Kier alpha value is -2.89. The number of thiophene rings is 1. The smallest absolute Gasteiger partial charge is 0.300 e. The molecule has 2 aromatic carbocycles. The molecule has 6 heteroatoms. The first-order chi connectivity index (χ1) is 14.3. The van der Waals surface area contributed by atoms with E-state index in [0.717, 1.165) is 21.6 Å². The number of nitrogens with zero attached hydrogens (tertiary/aromatic N) is 1. The number of rotatable bonds is 3. The molecular formula is C24H20ClNO3S. The quantitative estimate of drug-likeness (QED) is 0.313. The summed E-state index contributed by atoms with van der Waals surface area (Å²) < 4.78 is 0. The zero-order chi connectivity index (χ0) is 21.6. The van der Waals surface area contributed by atoms with Gasteiger partial charge in [0.15, 0.2) is 0 Å². The number of Topliss-reactive ketones (excluding diaryl/α,β-unsaturated/α-hetero) is 1. The molecule has 0 aliphatic carbocycles. The van der Waals surface area contributed by atoms with Gasteiger partial charge in [0.1, 0.15) is 11.8 Å². The fourth-order valence-corrected chi connectivity index (χ4v) is 4.78. The van der Waals surface area contributed by atoms with Crippen LogP contribution < -0.4 is 4.90 Å². The molecule has 1 N–H and O–H groups in total. The van der Waals surface area contributed by atoms with Crippen LogP contribution in [-0.2, 0) is 9.59 Å². The summed E-state index contributed by atoms with van der Waals surface area (Å²) in [4.78, 5) is 28.5. The Labute approximate surface area is 184 Å². The summed E-state index contributed by atoms with van der Waals surface area (Å²) in [5.41, 5.74) is 4.06. The Morgan fingerprint density at radius 3 is 2.40 bits per heavy atom. The average Bonchev–Trinajstić information content (AvgIpc) is 3.31. The first-order valence-electron chi connectivity index (χ1n) is 9.47. The minimum absolute atomic E-state index is 0.0973. The van der Waals surface area contributed by atoms with Crippen LogP contribution in [0.25, 0.3) is 5.76 Å². The number of aryl methyl sites for hydroxylation is 3. The van der Waals surface area contributed by atoms with Crippen molar-refractivity contribution in [2.45, 2.75) is 26.8 Å². The molecule has 4 nitrogen and oxygen atoms in total. The van der Waals surface area contributed by atoms with Gasteiger partial charge >= 0.3 is 0 Å². The van der Waals surface area contributed by atoms with E-state index in [1.165, 1.54) is 16.2 Å². The van der Waals surface area contributed by atoms with Crippen LogP contribution in [-0.4, -0.2) is 16.8 Å². The molecule has 152 valence electrons. The minimum atomic E-state index is -0.702. The normalized spacial score (nSPS) is 18.3. The third kappa shape index (κ3) is 3.34. The second-order valence-corrected chi connectivity index (χ2v) is 8.83. The van der Waals surface area contributed by atoms with E-state index in [-0.39, 0.29) is 11.3 Å². The molecule has 1 amide bonds. The van der Waals surface area contributed by atoms with E-state index in [1.54, 1.807) is 24.3 Å². The fourth-order valence-electron chi connectivity index (χ4n) is 3.73. The minimum Gasteiger partial charge on any atom is -0.507 e. The van der Waals surface area contributed by atoms with E-state index >= 15 is 0 Å². The molecule has 1 aliphatic rings. The number of aliphatic hydroxyl groups is 1. The maximum Gasteiger partial charge on any atom is 0.300 e. The number of carbonyl (C=O) groups excluding carboxylic acids is 2. The highest BCUT2D eigenvalue weighted by Gasteiger charge is 2.47. The predicted molar refractivity (Wildman–Crippen MR) is 121 cm³/mol. The van der Waals surface area contributed by atoms with Gasteiger partial charge in [-0.1, -0.05) is 29.8 Å². The number of anilines is 1. The highest BCUT2D eigenvalue weighted by Crippen LogP contribution is 2.44. The summed E-state index contributed by atoms with van der Waals surface area (Å²) in [7, 11) is 0. The van der Waals surface area contributed by atoms with Crippen LogP contribution >= 0.6 is 22.9 Å². The van der Waals surface area contributed by atoms with Gasteiger partial charge in [0.2, 0.25) is 0 Å². The van der Waals surface area contributed by atoms with Crippen molar-refractivity contribution in [1.82, 2.24) is 0 Å². The highest BCUT2D eigenvalue weighted by atomic mass is 35.5. The van der Waals surface area contributed by atoms with Crippen molar-refractivity contribution in [2.24, 2.45) is 0 Å². The van der Waals surface area contributed by atoms with E-state index in [4.69, 9.17) is 11.6 Å². The molecule has 0 radical (unpaired) electrons. The summed E-state index contributed by atoms with van der Waals surface area (Å²) >= 11 is 7.53. The van der Waals surface area contributed by atoms with E-state index in [0.29, 0.717) is 16.3 Å². The Bertz CT molecular complexity index is 1200. The van der Waals surface area contributed by atoms with Crippen LogP contribution in [0.3, 0.4) is 0 Å². The van der Waals surface area contributed by atoms with Crippen molar-refractivity contribution in [2.75, 3.05) is 4.90 Å². The molecule has 0 bridgehead atoms. The van der Waals surface area contributed by atoms with Crippen molar-refractivity contribution in [1.29, 1.82) is 0 Å². The molecule has 1 aromatic heterocycles. The van der Waals surface area contributed by atoms with E-state index < -0.39 is 17.7 Å². The lowest BCUT2D eigenvalue weighted by Crippen LogP contribution is -2.29. The molecule has 0 spiro atoms. The molecule has 1 unspecified atom stereocenters. The van der Waals surface area contributed by atoms with Crippen LogP contribution in [0.5, 0.6) is 0 Å². The third-order valence-corrected chi connectivity index (χ3v) is 6.62. The lowest BCUT2D eigenvalue weighted by molar-refractivity contribution is -0.132. The van der Waals surface area contributed by atoms with E-state index in [1.807, 2.05) is 50.4 Å². The van der Waals surface area contributed by atoms with Gasteiger partial charge in [-0.2, -0.15) is 0 Å². The average molecular weight is 438 g/mol. The number of benzene rings is 2. The van der Waals surface area contributed by atoms with Crippen molar-refractivity contribution in [3.8, 4) is 0 Å². The summed E-state index contributed by atoms with van der Waals surface area (Å²) in [6.07, 6.45) is 0. The van der Waals surface area contributed by atoms with Crippen LogP contribution in [0.4, 0.5) is 5.69 Å². The van der Waals surface area contributed by atoms with Gasteiger partial charge in [0.05, 0.1) is 5.57 Å². The summed E-state index contributed by atoms with van der Waals surface area (Å²) in [6.45, 7) is 5.76. The molecular weight excluding hydrogens is 418 g/mol. The van der Waals surface area contributed by atoms with Crippen molar-refractivity contribution < 1.29 is 14.7 Å². The maximum atomic E-state index is 13.1. The van der Waals surface area contributed by atoms with Crippen LogP contribution in [0.15, 0.2) is 59.5 Å². The molecule has 1 fully saturated rings. The predicted octanol–water partition coefficient (Wildman–Crippen LogP) is 5.95. The standard InChI is InChI=1S/C24H20ClNO3S/c1-13-6-7-16(11-14(13)2)22(27)20-21(19-5-4-10-30-19)26(24(29)23(20)28)18-9-8-17(25)12-15(18)3/h4-12,21,27H,1-3H3/b22-20-. The second kappa shape index (κ2) is 7.74. The van der Waals surface area contributed by atoms with Crippen molar-refractivity contribution >= 4 is 46.1 Å². The lowest BCUT2D eigenvalue weighted by Gasteiger charge is -2.25. The van der Waals surface area contributed by atoms with Gasteiger partial charge in [0.25, 0.3) is 11.7 Å². The zero-order valence-electron chi connectivity index (χ0n) is 16.8. The fraction of sp³-hybridized carbons (Fsp3) is 0.167. The van der Waals surface area contributed by atoms with Gasteiger partial charge in [-0.05, 0) is 73.2 Å². The lowest BCUT2D eigenvalue weighted by atomic mass is 9.97. The van der Waals surface area contributed by atoms with Gasteiger partial charge in [-0.3, -0.25) is 14.5 Å². The zero-order valence-corrected chi connectivity index (χ0v) is 18.3. The van der Waals surface area contributed by atoms with Crippen molar-refractivity contribution in [3.05, 3.63) is 91.6 Å². The first-order valence-corrected chi connectivity index (χ1v) is 10.7. The Balaban J connectivity index is 1.95. The number of amides is 1. The first kappa shape index (κ1) is 20.4. The number of halogens is 1. The molecule has 3 aromatic rings. The summed E-state index contributed by atoms with van der Waals surface area (Å²) in [5.74, 6) is -1.52. The topological polar surface area (TPSA) is 57.6 Å². The van der Waals surface area contributed by atoms with Crippen LogP contribution in [0.2, 0.25) is 5.02 Å². The molecule has 4 rings (SSSR count). The SMILES string of the molecule is Cc1ccc(/C(O)=C2/C(=O)C(=O)N(c3ccc(Cl)cc3C)C2c2cccs2)cc1C. The van der Waals surface area contributed by atoms with Gasteiger partial charge in [-0.25, -0.2) is 0 Å². The van der Waals surface area contributed by atoms with Gasteiger partial charge < -0.3 is 5.11 Å². The molecule has 1 aliphatic heterocycles. The van der Waals surface area contributed by atoms with Crippen molar-refractivity contribution in [3.63, 3.8) is 0 Å². The second-order valence-electron chi connectivity index (χ2n) is 7.41.